The van der Waals surface area contributed by atoms with E-state index in [1.54, 1.807) is 0 Å². The van der Waals surface area contributed by atoms with Crippen molar-refractivity contribution in [2.75, 3.05) is 26.3 Å². The first-order valence-electron chi connectivity index (χ1n) is 10.7. The van der Waals surface area contributed by atoms with E-state index in [2.05, 4.69) is 32.7 Å². The number of guanidine groups is 1. The van der Waals surface area contributed by atoms with Crippen LogP contribution in [0.5, 0.6) is 11.5 Å². The molecule has 0 spiro atoms. The highest BCUT2D eigenvalue weighted by Gasteiger charge is 2.13. The van der Waals surface area contributed by atoms with Gasteiger partial charge in [-0.3, -0.25) is 4.99 Å². The number of nitrogens with one attached hydrogen (secondary N) is 2. The van der Waals surface area contributed by atoms with Crippen LogP contribution in [0.3, 0.4) is 0 Å². The van der Waals surface area contributed by atoms with E-state index in [0.717, 1.165) is 35.4 Å². The smallest absolute Gasteiger partial charge is 0.228 e. The van der Waals surface area contributed by atoms with Gasteiger partial charge in [0.15, 0.2) is 23.3 Å². The molecule has 0 saturated heterocycles. The molecule has 0 bridgehead atoms. The SMILES string of the molecule is CCNC(=NCCc1nc(C(C)C)no1)NC(C)c1ccc(OCC)c(OCC)c1.I. The van der Waals surface area contributed by atoms with Gasteiger partial charge in [0, 0.05) is 18.9 Å². The lowest BCUT2D eigenvalue weighted by molar-refractivity contribution is 0.287. The van der Waals surface area contributed by atoms with Gasteiger partial charge >= 0.3 is 0 Å². The number of benzene rings is 1. The molecule has 0 aliphatic carbocycles. The van der Waals surface area contributed by atoms with Crippen molar-refractivity contribution in [1.29, 1.82) is 0 Å². The zero-order chi connectivity index (χ0) is 21.9. The summed E-state index contributed by atoms with van der Waals surface area (Å²) in [4.78, 5) is 9.04. The summed E-state index contributed by atoms with van der Waals surface area (Å²) in [6.07, 6.45) is 0.599. The van der Waals surface area contributed by atoms with Crippen molar-refractivity contribution in [2.45, 2.75) is 59.9 Å². The first-order valence-corrected chi connectivity index (χ1v) is 10.7. The Morgan fingerprint density at radius 3 is 2.42 bits per heavy atom. The van der Waals surface area contributed by atoms with Crippen molar-refractivity contribution < 1.29 is 14.0 Å². The van der Waals surface area contributed by atoms with E-state index in [0.29, 0.717) is 32.1 Å². The molecule has 0 amide bonds. The van der Waals surface area contributed by atoms with Gasteiger partial charge in [0.1, 0.15) is 0 Å². The monoisotopic (exact) mass is 545 g/mol. The average molecular weight is 545 g/mol. The number of ether oxygens (including phenoxy) is 2. The summed E-state index contributed by atoms with van der Waals surface area (Å²) in [6, 6.07) is 6.05. The van der Waals surface area contributed by atoms with Gasteiger partial charge in [0.05, 0.1) is 25.8 Å². The predicted molar refractivity (Wildman–Crippen MR) is 134 cm³/mol. The molecule has 174 valence electrons. The van der Waals surface area contributed by atoms with Crippen molar-refractivity contribution in [1.82, 2.24) is 20.8 Å². The summed E-state index contributed by atoms with van der Waals surface area (Å²) < 4.78 is 16.7. The van der Waals surface area contributed by atoms with Gasteiger partial charge < -0.3 is 24.6 Å². The molecular weight excluding hydrogens is 509 g/mol. The summed E-state index contributed by atoms with van der Waals surface area (Å²) in [7, 11) is 0. The lowest BCUT2D eigenvalue weighted by Crippen LogP contribution is -2.38. The number of hydrogen-bond donors (Lipinski definition) is 2. The topological polar surface area (TPSA) is 93.8 Å². The van der Waals surface area contributed by atoms with Crippen molar-refractivity contribution >= 4 is 29.9 Å². The van der Waals surface area contributed by atoms with Crippen LogP contribution in [-0.2, 0) is 6.42 Å². The molecule has 2 N–H and O–H groups in total. The third-order valence-corrected chi connectivity index (χ3v) is 4.36. The summed E-state index contributed by atoms with van der Waals surface area (Å²) >= 11 is 0. The minimum atomic E-state index is 0. The standard InChI is InChI=1S/C22H35N5O3.HI/c1-7-23-22(24-13-12-20-26-21(15(4)5)27-30-20)25-16(6)17-10-11-18(28-8-2)19(14-17)29-9-3;/h10-11,14-16H,7-9,12-13H2,1-6H3,(H2,23,24,25);1H. The highest BCUT2D eigenvalue weighted by Crippen LogP contribution is 2.30. The van der Waals surface area contributed by atoms with Crippen LogP contribution in [0.1, 0.15) is 70.8 Å². The molecule has 0 aliphatic heterocycles. The molecule has 0 aliphatic rings. The van der Waals surface area contributed by atoms with Gasteiger partial charge in [-0.25, -0.2) is 0 Å². The van der Waals surface area contributed by atoms with E-state index in [4.69, 9.17) is 14.0 Å². The normalized spacial score (nSPS) is 12.3. The molecular formula is C22H36IN5O3. The van der Waals surface area contributed by atoms with Gasteiger partial charge in [0.2, 0.25) is 5.89 Å². The minimum Gasteiger partial charge on any atom is -0.490 e. The molecule has 1 unspecified atom stereocenters. The third kappa shape index (κ3) is 8.54. The summed E-state index contributed by atoms with van der Waals surface area (Å²) in [6.45, 7) is 14.6. The molecule has 1 heterocycles. The van der Waals surface area contributed by atoms with Crippen LogP contribution in [0.2, 0.25) is 0 Å². The summed E-state index contributed by atoms with van der Waals surface area (Å²) in [5.41, 5.74) is 1.09. The molecule has 2 rings (SSSR count). The molecule has 8 nitrogen and oxygen atoms in total. The van der Waals surface area contributed by atoms with Gasteiger partial charge in [-0.2, -0.15) is 4.98 Å². The van der Waals surface area contributed by atoms with Crippen LogP contribution < -0.4 is 20.1 Å². The number of halogens is 1. The minimum absolute atomic E-state index is 0. The van der Waals surface area contributed by atoms with Crippen molar-refractivity contribution in [3.63, 3.8) is 0 Å². The highest BCUT2D eigenvalue weighted by molar-refractivity contribution is 14.0. The quantitative estimate of drug-likeness (QED) is 0.245. The van der Waals surface area contributed by atoms with E-state index in [1.165, 1.54) is 0 Å². The van der Waals surface area contributed by atoms with Crippen LogP contribution in [0.15, 0.2) is 27.7 Å². The van der Waals surface area contributed by atoms with Crippen LogP contribution in [-0.4, -0.2) is 42.4 Å². The van der Waals surface area contributed by atoms with Crippen molar-refractivity contribution in [3.8, 4) is 11.5 Å². The molecule has 0 fully saturated rings. The lowest BCUT2D eigenvalue weighted by Gasteiger charge is -2.20. The Hall–Kier alpha value is -2.04. The Bertz CT molecular complexity index is 810. The molecule has 1 atom stereocenters. The molecule has 9 heteroatoms. The van der Waals surface area contributed by atoms with Crippen LogP contribution in [0.4, 0.5) is 0 Å². The van der Waals surface area contributed by atoms with E-state index >= 15 is 0 Å². The fourth-order valence-electron chi connectivity index (χ4n) is 2.81. The van der Waals surface area contributed by atoms with Gasteiger partial charge in [-0.05, 0) is 45.4 Å². The fourth-order valence-corrected chi connectivity index (χ4v) is 2.81. The molecule has 1 aromatic heterocycles. The zero-order valence-corrected chi connectivity index (χ0v) is 21.7. The maximum absolute atomic E-state index is 5.74. The summed E-state index contributed by atoms with van der Waals surface area (Å²) in [5.74, 6) is 3.84. The van der Waals surface area contributed by atoms with Crippen molar-refractivity contribution in [2.24, 2.45) is 4.99 Å². The Morgan fingerprint density at radius 2 is 1.81 bits per heavy atom. The van der Waals surface area contributed by atoms with E-state index in [1.807, 2.05) is 52.8 Å². The number of aromatic nitrogens is 2. The zero-order valence-electron chi connectivity index (χ0n) is 19.4. The van der Waals surface area contributed by atoms with E-state index in [9.17, 15) is 0 Å². The highest BCUT2D eigenvalue weighted by atomic mass is 127. The first kappa shape index (κ1) is 27.0. The van der Waals surface area contributed by atoms with E-state index in [-0.39, 0.29) is 35.9 Å². The van der Waals surface area contributed by atoms with Gasteiger partial charge in [-0.1, -0.05) is 25.1 Å². The third-order valence-electron chi connectivity index (χ3n) is 4.36. The number of rotatable bonds is 11. The van der Waals surface area contributed by atoms with Crippen LogP contribution >= 0.6 is 24.0 Å². The molecule has 0 radical (unpaired) electrons. The molecule has 0 saturated carbocycles. The second kappa shape index (κ2) is 14.1. The Kier molecular flexibility index (Phi) is 12.3. The maximum atomic E-state index is 5.74. The first-order chi connectivity index (χ1) is 14.5. The second-order valence-electron chi connectivity index (χ2n) is 7.15. The van der Waals surface area contributed by atoms with Crippen LogP contribution in [0.25, 0.3) is 0 Å². The number of aliphatic imine (C=N–C) groups is 1. The Balaban J connectivity index is 0.00000480. The fraction of sp³-hybridized carbons (Fsp3) is 0.591. The van der Waals surface area contributed by atoms with Crippen molar-refractivity contribution in [3.05, 3.63) is 35.5 Å². The second-order valence-corrected chi connectivity index (χ2v) is 7.15. The Morgan fingerprint density at radius 1 is 1.10 bits per heavy atom. The van der Waals surface area contributed by atoms with Crippen LogP contribution in [0, 0.1) is 0 Å². The predicted octanol–water partition coefficient (Wildman–Crippen LogP) is 4.47. The van der Waals surface area contributed by atoms with E-state index < -0.39 is 0 Å². The molecule has 31 heavy (non-hydrogen) atoms. The summed E-state index contributed by atoms with van der Waals surface area (Å²) in [5, 5.41) is 10.7. The van der Waals surface area contributed by atoms with Gasteiger partial charge in [0.25, 0.3) is 0 Å². The number of hydrogen-bond acceptors (Lipinski definition) is 6. The number of nitrogens with zero attached hydrogens (tertiary/aromatic N) is 3. The van der Waals surface area contributed by atoms with Gasteiger partial charge in [-0.15, -0.1) is 24.0 Å². The average Bonchev–Trinajstić information content (AvgIpc) is 3.19. The maximum Gasteiger partial charge on any atom is 0.228 e. The lowest BCUT2D eigenvalue weighted by atomic mass is 10.1. The molecule has 2 aromatic rings. The largest absolute Gasteiger partial charge is 0.490 e. The Labute approximate surface area is 202 Å². The molecule has 1 aromatic carbocycles.